The molecule has 0 spiro atoms. The van der Waals surface area contributed by atoms with Crippen LogP contribution < -0.4 is 10.1 Å². The number of carbonyl (C=O) groups is 1. The molecule has 1 amide bonds. The predicted molar refractivity (Wildman–Crippen MR) is 120 cm³/mol. The minimum atomic E-state index is -4.54. The Hall–Kier alpha value is -2.10. The van der Waals surface area contributed by atoms with Gasteiger partial charge in [0.05, 0.1) is 22.8 Å². The van der Waals surface area contributed by atoms with Gasteiger partial charge in [-0.2, -0.15) is 13.2 Å². The average molecular weight is 520 g/mol. The molecule has 1 fully saturated rings. The third-order valence-corrected chi connectivity index (χ3v) is 6.17. The van der Waals surface area contributed by atoms with E-state index in [9.17, 15) is 18.0 Å². The number of hydrogen-bond donors (Lipinski definition) is 1. The molecule has 1 aliphatic rings. The number of rotatable bonds is 8. The summed E-state index contributed by atoms with van der Waals surface area (Å²) >= 11 is 3.13. The fraction of sp³-hybridized carbons (Fsp3) is 0.591. The van der Waals surface area contributed by atoms with Crippen molar-refractivity contribution in [1.82, 2.24) is 10.3 Å². The van der Waals surface area contributed by atoms with E-state index >= 15 is 0 Å². The lowest BCUT2D eigenvalue weighted by atomic mass is 9.88. The van der Waals surface area contributed by atoms with Gasteiger partial charge in [0.2, 0.25) is 0 Å². The second-order valence-electron chi connectivity index (χ2n) is 8.05. The fourth-order valence-electron chi connectivity index (χ4n) is 3.23. The van der Waals surface area contributed by atoms with Crippen LogP contribution in [0.25, 0.3) is 0 Å². The van der Waals surface area contributed by atoms with Crippen molar-refractivity contribution in [3.8, 4) is 5.75 Å². The van der Waals surface area contributed by atoms with Gasteiger partial charge >= 0.3 is 6.18 Å². The maximum absolute atomic E-state index is 13.1. The lowest BCUT2D eigenvalue weighted by Crippen LogP contribution is -2.50. The molecule has 0 saturated heterocycles. The summed E-state index contributed by atoms with van der Waals surface area (Å²) in [6.07, 6.45) is -2.75. The number of allylic oxidation sites excluding steroid dienone is 1. The highest BCUT2D eigenvalue weighted by Gasteiger charge is 2.46. The molecule has 1 heterocycles. The van der Waals surface area contributed by atoms with Crippen molar-refractivity contribution in [1.29, 1.82) is 0 Å². The Morgan fingerprint density at radius 1 is 1.38 bits per heavy atom. The SMILES string of the molecule is CC/C(C)=C(/N=C(/C)OC)C(C)(NC(=O)c1cc(O[C@@H](C)C(F)(F)F)c(Br)cn1)C1CC1. The Morgan fingerprint density at radius 3 is 2.50 bits per heavy atom. The van der Waals surface area contributed by atoms with E-state index in [0.717, 1.165) is 37.5 Å². The first-order valence-corrected chi connectivity index (χ1v) is 11.1. The van der Waals surface area contributed by atoms with Gasteiger partial charge in [0.15, 0.2) is 12.0 Å². The number of pyridine rings is 1. The number of halogens is 4. The molecule has 0 aromatic carbocycles. The first-order valence-electron chi connectivity index (χ1n) is 10.3. The molecule has 1 unspecified atom stereocenters. The van der Waals surface area contributed by atoms with Crippen LogP contribution in [0.1, 0.15) is 64.4 Å². The van der Waals surface area contributed by atoms with E-state index in [2.05, 4.69) is 31.2 Å². The normalized spacial score (nSPS) is 18.4. The Balaban J connectivity index is 2.39. The van der Waals surface area contributed by atoms with Crippen molar-refractivity contribution < 1.29 is 27.4 Å². The molecular formula is C22H29BrF3N3O3. The molecule has 2 atom stereocenters. The van der Waals surface area contributed by atoms with Gasteiger partial charge in [-0.1, -0.05) is 6.92 Å². The summed E-state index contributed by atoms with van der Waals surface area (Å²) in [5, 5.41) is 3.03. The maximum atomic E-state index is 13.1. The molecule has 10 heteroatoms. The van der Waals surface area contributed by atoms with Gasteiger partial charge in [-0.25, -0.2) is 9.98 Å². The van der Waals surface area contributed by atoms with Crippen molar-refractivity contribution in [2.75, 3.05) is 7.11 Å². The monoisotopic (exact) mass is 519 g/mol. The van der Waals surface area contributed by atoms with Crippen LogP contribution in [0, 0.1) is 5.92 Å². The number of hydrogen-bond acceptors (Lipinski definition) is 5. The number of alkyl halides is 3. The quantitative estimate of drug-likeness (QED) is 0.346. The number of aliphatic imine (C=N–C) groups is 1. The van der Waals surface area contributed by atoms with Crippen LogP contribution in [0.4, 0.5) is 13.2 Å². The van der Waals surface area contributed by atoms with E-state index in [1.807, 2.05) is 20.8 Å². The molecule has 1 N–H and O–H groups in total. The van der Waals surface area contributed by atoms with Crippen molar-refractivity contribution >= 4 is 27.7 Å². The zero-order valence-corrected chi connectivity index (χ0v) is 20.6. The summed E-state index contributed by atoms with van der Waals surface area (Å²) in [6, 6.07) is 1.20. The number of amides is 1. The Kier molecular flexibility index (Phi) is 8.36. The molecule has 32 heavy (non-hydrogen) atoms. The van der Waals surface area contributed by atoms with Gasteiger partial charge in [0.1, 0.15) is 11.4 Å². The molecule has 1 aromatic rings. The molecule has 1 saturated carbocycles. The zero-order valence-electron chi connectivity index (χ0n) is 19.1. The Labute approximate surface area is 194 Å². The minimum Gasteiger partial charge on any atom is -0.484 e. The number of aromatic nitrogens is 1. The van der Waals surface area contributed by atoms with Crippen LogP contribution in [0.2, 0.25) is 0 Å². The summed E-state index contributed by atoms with van der Waals surface area (Å²) in [7, 11) is 1.53. The van der Waals surface area contributed by atoms with Gasteiger partial charge in [0.25, 0.3) is 5.91 Å². The Morgan fingerprint density at radius 2 is 2.00 bits per heavy atom. The van der Waals surface area contributed by atoms with Crippen molar-refractivity contribution in [2.24, 2.45) is 10.9 Å². The zero-order chi connectivity index (χ0) is 24.3. The topological polar surface area (TPSA) is 72.8 Å². The summed E-state index contributed by atoms with van der Waals surface area (Å²) in [5.41, 5.74) is 0.884. The lowest BCUT2D eigenvalue weighted by molar-refractivity contribution is -0.189. The summed E-state index contributed by atoms with van der Waals surface area (Å²) in [5.74, 6) is 0.000212. The third-order valence-electron chi connectivity index (χ3n) is 5.58. The predicted octanol–water partition coefficient (Wildman–Crippen LogP) is 5.82. The first kappa shape index (κ1) is 26.2. The largest absolute Gasteiger partial charge is 0.484 e. The standard InChI is InChI=1S/C22H29BrF3N3O3/c1-7-12(2)19(28-14(4)31-6)21(5,15-8-9-15)29-20(30)17-10-18(16(23)11-27-17)32-13(3)22(24,25)26/h10-11,13,15H,7-9H2,1-6H3,(H,29,30)/b19-12+,28-14-/t13-,21?/m0/s1. The third kappa shape index (κ3) is 6.24. The molecule has 1 aliphatic carbocycles. The molecule has 6 nitrogen and oxygen atoms in total. The van der Waals surface area contributed by atoms with Crippen molar-refractivity contribution in [3.63, 3.8) is 0 Å². The maximum Gasteiger partial charge on any atom is 0.425 e. The highest BCUT2D eigenvalue weighted by atomic mass is 79.9. The highest BCUT2D eigenvalue weighted by molar-refractivity contribution is 9.10. The smallest absolute Gasteiger partial charge is 0.425 e. The van der Waals surface area contributed by atoms with Crippen LogP contribution in [0.3, 0.4) is 0 Å². The molecular weight excluding hydrogens is 491 g/mol. The van der Waals surface area contributed by atoms with Crippen LogP contribution >= 0.6 is 15.9 Å². The molecule has 0 radical (unpaired) electrons. The van der Waals surface area contributed by atoms with Crippen molar-refractivity contribution in [3.05, 3.63) is 33.7 Å². The van der Waals surface area contributed by atoms with Gasteiger partial charge in [-0.05, 0) is 67.5 Å². The molecule has 1 aromatic heterocycles. The summed E-state index contributed by atoms with van der Waals surface area (Å²) in [6.45, 7) is 8.50. The number of carbonyl (C=O) groups excluding carboxylic acids is 1. The summed E-state index contributed by atoms with van der Waals surface area (Å²) in [4.78, 5) is 21.8. The van der Waals surface area contributed by atoms with Gasteiger partial charge in [0, 0.05) is 19.2 Å². The van der Waals surface area contributed by atoms with Crippen LogP contribution in [-0.4, -0.2) is 41.7 Å². The minimum absolute atomic E-state index is 0.0506. The number of nitrogens with zero attached hydrogens (tertiary/aromatic N) is 2. The van der Waals surface area contributed by atoms with E-state index in [0.29, 0.717) is 5.90 Å². The lowest BCUT2D eigenvalue weighted by Gasteiger charge is -2.33. The molecule has 0 aliphatic heterocycles. The van der Waals surface area contributed by atoms with Crippen LogP contribution in [-0.2, 0) is 4.74 Å². The number of nitrogens with one attached hydrogen (secondary N) is 1. The average Bonchev–Trinajstić information content (AvgIpc) is 3.57. The number of ether oxygens (including phenoxy) is 2. The van der Waals surface area contributed by atoms with Crippen LogP contribution in [0.15, 0.2) is 33.0 Å². The second kappa shape index (κ2) is 10.2. The highest BCUT2D eigenvalue weighted by Crippen LogP contribution is 2.45. The molecule has 178 valence electrons. The van der Waals surface area contributed by atoms with Gasteiger partial charge in [-0.3, -0.25) is 4.79 Å². The van der Waals surface area contributed by atoms with E-state index < -0.39 is 23.7 Å². The van der Waals surface area contributed by atoms with Crippen molar-refractivity contribution in [2.45, 2.75) is 71.7 Å². The second-order valence-corrected chi connectivity index (χ2v) is 8.90. The first-order chi connectivity index (χ1) is 14.8. The van der Waals surface area contributed by atoms with E-state index in [-0.39, 0.29) is 21.8 Å². The van der Waals surface area contributed by atoms with Crippen LogP contribution in [0.5, 0.6) is 5.75 Å². The number of methoxy groups -OCH3 is 1. The fourth-order valence-corrected chi connectivity index (χ4v) is 3.54. The molecule has 0 bridgehead atoms. The van der Waals surface area contributed by atoms with E-state index in [4.69, 9.17) is 9.47 Å². The van der Waals surface area contributed by atoms with Gasteiger partial charge in [-0.15, -0.1) is 0 Å². The van der Waals surface area contributed by atoms with E-state index in [1.165, 1.54) is 19.4 Å². The van der Waals surface area contributed by atoms with E-state index in [1.54, 1.807) is 6.92 Å². The summed E-state index contributed by atoms with van der Waals surface area (Å²) < 4.78 is 49.2. The van der Waals surface area contributed by atoms with Gasteiger partial charge < -0.3 is 14.8 Å². The Bertz CT molecular complexity index is 913. The molecule has 2 rings (SSSR count).